The molecule has 0 radical (unpaired) electrons. The molecule has 0 spiro atoms. The van der Waals surface area contributed by atoms with E-state index in [-0.39, 0.29) is 17.2 Å². The molecule has 1 aliphatic rings. The summed E-state index contributed by atoms with van der Waals surface area (Å²) in [5, 5.41) is 3.04. The van der Waals surface area contributed by atoms with Crippen LogP contribution in [0.3, 0.4) is 0 Å². The Morgan fingerprint density at radius 1 is 1.08 bits per heavy atom. The minimum absolute atomic E-state index is 0.00301. The van der Waals surface area contributed by atoms with Crippen LogP contribution in [0.1, 0.15) is 33.3 Å². The van der Waals surface area contributed by atoms with Crippen molar-refractivity contribution in [3.05, 3.63) is 29.3 Å². The number of rotatable bonds is 7. The van der Waals surface area contributed by atoms with Crippen molar-refractivity contribution in [1.82, 2.24) is 5.32 Å². The first kappa shape index (κ1) is 19.2. The summed E-state index contributed by atoms with van der Waals surface area (Å²) < 4.78 is 16.0. The van der Waals surface area contributed by atoms with Gasteiger partial charge < -0.3 is 19.5 Å². The van der Waals surface area contributed by atoms with Crippen LogP contribution in [0.2, 0.25) is 0 Å². The molecule has 25 heavy (non-hydrogen) atoms. The van der Waals surface area contributed by atoms with Gasteiger partial charge in [-0.05, 0) is 31.2 Å². The Balaban J connectivity index is 2.11. The molecule has 0 saturated heterocycles. The summed E-state index contributed by atoms with van der Waals surface area (Å²) in [7, 11) is 4.77. The fraction of sp³-hybridized carbons (Fsp3) is 0.550. The lowest BCUT2D eigenvalue weighted by Crippen LogP contribution is -2.26. The van der Waals surface area contributed by atoms with Crippen molar-refractivity contribution in [2.45, 2.75) is 34.2 Å². The van der Waals surface area contributed by atoms with Gasteiger partial charge in [-0.1, -0.05) is 25.5 Å². The van der Waals surface area contributed by atoms with Crippen molar-refractivity contribution in [3.63, 3.8) is 0 Å². The molecular formula is C20H29NO4. The highest BCUT2D eigenvalue weighted by molar-refractivity contribution is 5.83. The molecular weight excluding hydrogens is 318 g/mol. The quantitative estimate of drug-likeness (QED) is 0.766. The number of benzene rings is 1. The van der Waals surface area contributed by atoms with E-state index in [9.17, 15) is 4.79 Å². The summed E-state index contributed by atoms with van der Waals surface area (Å²) in [4.78, 5) is 12.6. The Labute approximate surface area is 150 Å². The number of hydrogen-bond donors (Lipinski definition) is 1. The number of ether oxygens (including phenoxy) is 3. The van der Waals surface area contributed by atoms with Crippen LogP contribution in [-0.4, -0.2) is 27.2 Å². The van der Waals surface area contributed by atoms with Crippen LogP contribution in [-0.2, 0) is 11.3 Å². The van der Waals surface area contributed by atoms with E-state index >= 15 is 0 Å². The molecule has 1 aromatic rings. The van der Waals surface area contributed by atoms with Crippen molar-refractivity contribution in [3.8, 4) is 17.2 Å². The Morgan fingerprint density at radius 2 is 1.64 bits per heavy atom. The zero-order valence-electron chi connectivity index (χ0n) is 16.2. The van der Waals surface area contributed by atoms with Gasteiger partial charge in [-0.3, -0.25) is 4.79 Å². The Kier molecular flexibility index (Phi) is 5.65. The normalized spacial score (nSPS) is 20.4. The predicted octanol–water partition coefficient (Wildman–Crippen LogP) is 3.57. The van der Waals surface area contributed by atoms with E-state index in [0.717, 1.165) is 5.56 Å². The van der Waals surface area contributed by atoms with Crippen molar-refractivity contribution in [2.75, 3.05) is 21.3 Å². The molecule has 1 saturated carbocycles. The molecule has 0 unspecified atom stereocenters. The predicted molar refractivity (Wildman–Crippen MR) is 98.1 cm³/mol. The summed E-state index contributed by atoms with van der Waals surface area (Å²) in [5.41, 5.74) is 2.10. The second-order valence-electron chi connectivity index (χ2n) is 7.31. The molecule has 1 amide bonds. The zero-order chi connectivity index (χ0) is 18.8. The molecule has 1 fully saturated rings. The number of methoxy groups -OCH3 is 3. The van der Waals surface area contributed by atoms with Crippen LogP contribution in [0.25, 0.3) is 0 Å². The third-order valence-electron chi connectivity index (χ3n) is 4.95. The maximum atomic E-state index is 12.6. The molecule has 5 heteroatoms. The molecule has 2 atom stereocenters. The summed E-state index contributed by atoms with van der Waals surface area (Å²) in [6, 6.07) is 3.61. The van der Waals surface area contributed by atoms with Crippen LogP contribution in [0.15, 0.2) is 23.8 Å². The molecule has 1 aliphatic carbocycles. The van der Waals surface area contributed by atoms with Crippen LogP contribution >= 0.6 is 0 Å². The highest BCUT2D eigenvalue weighted by Gasteiger charge is 2.60. The van der Waals surface area contributed by atoms with Crippen molar-refractivity contribution in [1.29, 1.82) is 0 Å². The van der Waals surface area contributed by atoms with E-state index in [2.05, 4.69) is 39.1 Å². The highest BCUT2D eigenvalue weighted by Crippen LogP contribution is 2.59. The first-order valence-corrected chi connectivity index (χ1v) is 8.47. The van der Waals surface area contributed by atoms with E-state index in [1.807, 2.05) is 6.07 Å². The van der Waals surface area contributed by atoms with Gasteiger partial charge in [0.05, 0.1) is 27.2 Å². The first-order chi connectivity index (χ1) is 11.8. The number of nitrogens with one attached hydrogen (secondary N) is 1. The molecule has 138 valence electrons. The lowest BCUT2D eigenvalue weighted by molar-refractivity contribution is -0.123. The number of allylic oxidation sites excluding steroid dienone is 2. The Hall–Kier alpha value is -2.17. The second-order valence-corrected chi connectivity index (χ2v) is 7.31. The molecule has 0 aliphatic heterocycles. The number of carbonyl (C=O) groups excluding carboxylic acids is 1. The minimum atomic E-state index is 0.00301. The van der Waals surface area contributed by atoms with E-state index in [0.29, 0.717) is 29.7 Å². The standard InChI is InChI=1S/C20H29NO4/c1-12(2)8-14-18(20(14,3)4)19(22)21-11-13-9-16(24-6)17(25-7)10-15(13)23-5/h8-10,14,18H,11H2,1-7H3,(H,21,22)/t14-,18-/m1/s1. The SMILES string of the molecule is COc1cc(OC)c(OC)cc1CNC(=O)[C@H]1[C@@H](C=C(C)C)C1(C)C. The Bertz CT molecular complexity index is 675. The third kappa shape index (κ3) is 3.91. The lowest BCUT2D eigenvalue weighted by Gasteiger charge is -2.14. The van der Waals surface area contributed by atoms with Gasteiger partial charge in [0.2, 0.25) is 5.91 Å². The minimum Gasteiger partial charge on any atom is -0.496 e. The fourth-order valence-corrected chi connectivity index (χ4v) is 3.37. The number of amides is 1. The summed E-state index contributed by atoms with van der Waals surface area (Å²) in [6.45, 7) is 8.79. The molecule has 2 rings (SSSR count). The highest BCUT2D eigenvalue weighted by atomic mass is 16.5. The average molecular weight is 347 g/mol. The number of hydrogen-bond acceptors (Lipinski definition) is 4. The van der Waals surface area contributed by atoms with Gasteiger partial charge in [-0.25, -0.2) is 0 Å². The molecule has 1 aromatic carbocycles. The molecule has 0 heterocycles. The van der Waals surface area contributed by atoms with Gasteiger partial charge in [-0.15, -0.1) is 0 Å². The van der Waals surface area contributed by atoms with Crippen LogP contribution < -0.4 is 19.5 Å². The van der Waals surface area contributed by atoms with Crippen LogP contribution in [0.5, 0.6) is 17.2 Å². The lowest BCUT2D eigenvalue weighted by atomic mass is 10.1. The van der Waals surface area contributed by atoms with E-state index in [1.165, 1.54) is 5.57 Å². The van der Waals surface area contributed by atoms with Crippen LogP contribution in [0.4, 0.5) is 0 Å². The summed E-state index contributed by atoms with van der Waals surface area (Å²) in [5.74, 6) is 2.25. The largest absolute Gasteiger partial charge is 0.496 e. The maximum absolute atomic E-state index is 12.6. The molecule has 0 bridgehead atoms. The smallest absolute Gasteiger partial charge is 0.224 e. The Morgan fingerprint density at radius 3 is 2.16 bits per heavy atom. The fourth-order valence-electron chi connectivity index (χ4n) is 3.37. The van der Waals surface area contributed by atoms with E-state index in [4.69, 9.17) is 14.2 Å². The van der Waals surface area contributed by atoms with Crippen molar-refractivity contribution >= 4 is 5.91 Å². The third-order valence-corrected chi connectivity index (χ3v) is 4.95. The molecule has 1 N–H and O–H groups in total. The first-order valence-electron chi connectivity index (χ1n) is 8.47. The van der Waals surface area contributed by atoms with Gasteiger partial charge >= 0.3 is 0 Å². The van der Waals surface area contributed by atoms with E-state index in [1.54, 1.807) is 27.4 Å². The van der Waals surface area contributed by atoms with Gasteiger partial charge in [0.25, 0.3) is 0 Å². The second kappa shape index (κ2) is 7.38. The summed E-state index contributed by atoms with van der Waals surface area (Å²) >= 11 is 0. The monoisotopic (exact) mass is 347 g/mol. The van der Waals surface area contributed by atoms with Crippen molar-refractivity contribution in [2.24, 2.45) is 17.3 Å². The van der Waals surface area contributed by atoms with Crippen molar-refractivity contribution < 1.29 is 19.0 Å². The van der Waals surface area contributed by atoms with Gasteiger partial charge in [-0.2, -0.15) is 0 Å². The molecule has 0 aromatic heterocycles. The summed E-state index contributed by atoms with van der Waals surface area (Å²) in [6.07, 6.45) is 2.20. The topological polar surface area (TPSA) is 56.8 Å². The van der Waals surface area contributed by atoms with Gasteiger partial charge in [0.1, 0.15) is 5.75 Å². The maximum Gasteiger partial charge on any atom is 0.224 e. The van der Waals surface area contributed by atoms with Crippen LogP contribution in [0, 0.1) is 17.3 Å². The van der Waals surface area contributed by atoms with Gasteiger partial charge in [0, 0.05) is 18.2 Å². The molecule has 5 nitrogen and oxygen atoms in total. The average Bonchev–Trinajstić information content (AvgIpc) is 3.11. The zero-order valence-corrected chi connectivity index (χ0v) is 16.2. The number of carbonyl (C=O) groups is 1. The van der Waals surface area contributed by atoms with Gasteiger partial charge in [0.15, 0.2) is 11.5 Å². The van der Waals surface area contributed by atoms with E-state index < -0.39 is 0 Å².